The molecule has 1 rings (SSSR count). The van der Waals surface area contributed by atoms with E-state index in [0.717, 1.165) is 6.42 Å². The lowest BCUT2D eigenvalue weighted by molar-refractivity contribution is -0.140. The van der Waals surface area contributed by atoms with Crippen LogP contribution in [0, 0.1) is 0 Å². The second-order valence-electron chi connectivity index (χ2n) is 3.46. The average molecular weight is 205 g/mol. The van der Waals surface area contributed by atoms with Gasteiger partial charge >= 0.3 is 5.97 Å². The average Bonchev–Trinajstić information content (AvgIpc) is 2.50. The largest absolute Gasteiger partial charge is 0.480 e. The van der Waals surface area contributed by atoms with Gasteiger partial charge in [0.15, 0.2) is 0 Å². The maximum absolute atomic E-state index is 11.6. The summed E-state index contributed by atoms with van der Waals surface area (Å²) in [5.41, 5.74) is 0. The molecule has 0 aliphatic carbocycles. The molecule has 1 heterocycles. The van der Waals surface area contributed by atoms with Crippen molar-refractivity contribution >= 4 is 17.0 Å². The van der Waals surface area contributed by atoms with Gasteiger partial charge in [-0.1, -0.05) is 0 Å². The van der Waals surface area contributed by atoms with E-state index in [9.17, 15) is 9.00 Å². The third-order valence-electron chi connectivity index (χ3n) is 2.12. The molecular weight excluding hydrogens is 190 g/mol. The molecule has 76 valence electrons. The minimum atomic E-state index is -1.15. The SMILES string of the molecule is CC(C)S(=O)N1CCC[C@H]1C(=O)O. The van der Waals surface area contributed by atoms with Crippen LogP contribution in [0.25, 0.3) is 0 Å². The summed E-state index contributed by atoms with van der Waals surface area (Å²) in [5, 5.41) is 8.84. The zero-order valence-corrected chi connectivity index (χ0v) is 8.71. The number of aliphatic carboxylic acids is 1. The molecule has 2 atom stereocenters. The number of carboxylic acids is 1. The molecule has 0 aromatic carbocycles. The van der Waals surface area contributed by atoms with Crippen LogP contribution >= 0.6 is 0 Å². The van der Waals surface area contributed by atoms with E-state index in [0.29, 0.717) is 13.0 Å². The summed E-state index contributed by atoms with van der Waals surface area (Å²) in [5.74, 6) is -0.855. The van der Waals surface area contributed by atoms with E-state index >= 15 is 0 Å². The molecule has 0 bridgehead atoms. The van der Waals surface area contributed by atoms with Crippen LogP contribution in [-0.4, -0.2) is 37.4 Å². The number of carbonyl (C=O) groups is 1. The standard InChI is InChI=1S/C8H15NO3S/c1-6(2)13(12)9-5-3-4-7(9)8(10)11/h6-7H,3-5H2,1-2H3,(H,10,11)/t7-,13?/m0/s1. The molecular formula is C8H15NO3S. The van der Waals surface area contributed by atoms with E-state index in [-0.39, 0.29) is 5.25 Å². The highest BCUT2D eigenvalue weighted by Crippen LogP contribution is 2.20. The zero-order valence-electron chi connectivity index (χ0n) is 7.90. The van der Waals surface area contributed by atoms with E-state index in [4.69, 9.17) is 5.11 Å². The van der Waals surface area contributed by atoms with Crippen LogP contribution in [0.1, 0.15) is 26.7 Å². The predicted octanol–water partition coefficient (Wildman–Crippen LogP) is 0.607. The van der Waals surface area contributed by atoms with Crippen molar-refractivity contribution in [1.29, 1.82) is 0 Å². The van der Waals surface area contributed by atoms with E-state index in [1.165, 1.54) is 0 Å². The first kappa shape index (κ1) is 10.7. The second kappa shape index (κ2) is 4.19. The first-order valence-electron chi connectivity index (χ1n) is 4.44. The topological polar surface area (TPSA) is 57.6 Å². The normalized spacial score (nSPS) is 26.5. The van der Waals surface area contributed by atoms with E-state index in [2.05, 4.69) is 0 Å². The first-order valence-corrected chi connectivity index (χ1v) is 5.61. The van der Waals surface area contributed by atoms with Gasteiger partial charge in [-0.25, -0.2) is 8.51 Å². The van der Waals surface area contributed by atoms with Crippen LogP contribution in [0.2, 0.25) is 0 Å². The molecule has 4 nitrogen and oxygen atoms in total. The molecule has 0 amide bonds. The van der Waals surface area contributed by atoms with Gasteiger partial charge in [0.2, 0.25) is 0 Å². The van der Waals surface area contributed by atoms with Crippen LogP contribution in [-0.2, 0) is 15.8 Å². The van der Waals surface area contributed by atoms with Crippen LogP contribution in [0.4, 0.5) is 0 Å². The van der Waals surface area contributed by atoms with Crippen molar-refractivity contribution in [2.45, 2.75) is 38.0 Å². The molecule has 0 aromatic rings. The quantitative estimate of drug-likeness (QED) is 0.734. The van der Waals surface area contributed by atoms with E-state index < -0.39 is 23.0 Å². The Hall–Kier alpha value is -0.420. The fourth-order valence-corrected chi connectivity index (χ4v) is 2.77. The van der Waals surface area contributed by atoms with Crippen molar-refractivity contribution in [3.05, 3.63) is 0 Å². The first-order chi connectivity index (χ1) is 6.04. The molecule has 1 aliphatic heterocycles. The van der Waals surface area contributed by atoms with Crippen molar-refractivity contribution in [2.75, 3.05) is 6.54 Å². The summed E-state index contributed by atoms with van der Waals surface area (Å²) in [4.78, 5) is 10.8. The molecule has 1 N–H and O–H groups in total. The van der Waals surface area contributed by atoms with Gasteiger partial charge in [-0.05, 0) is 26.7 Å². The highest BCUT2D eigenvalue weighted by Gasteiger charge is 2.34. The lowest BCUT2D eigenvalue weighted by Crippen LogP contribution is -2.39. The third kappa shape index (κ3) is 2.28. The lowest BCUT2D eigenvalue weighted by atomic mass is 10.2. The van der Waals surface area contributed by atoms with Gasteiger partial charge in [0.1, 0.15) is 6.04 Å². The van der Waals surface area contributed by atoms with Crippen LogP contribution < -0.4 is 0 Å². The Balaban J connectivity index is 2.68. The molecule has 1 unspecified atom stereocenters. The second-order valence-corrected chi connectivity index (χ2v) is 5.43. The molecule has 1 fully saturated rings. The lowest BCUT2D eigenvalue weighted by Gasteiger charge is -2.21. The smallest absolute Gasteiger partial charge is 0.321 e. The molecule has 0 aromatic heterocycles. The van der Waals surface area contributed by atoms with Crippen molar-refractivity contribution in [1.82, 2.24) is 4.31 Å². The summed E-state index contributed by atoms with van der Waals surface area (Å²) < 4.78 is 13.2. The summed E-state index contributed by atoms with van der Waals surface area (Å²) >= 11 is 0. The zero-order chi connectivity index (χ0) is 10.0. The summed E-state index contributed by atoms with van der Waals surface area (Å²) in [6.45, 7) is 4.32. The Morgan fingerprint density at radius 3 is 2.69 bits per heavy atom. The van der Waals surface area contributed by atoms with Crippen molar-refractivity contribution in [3.8, 4) is 0 Å². The summed E-state index contributed by atoms with van der Waals surface area (Å²) in [7, 11) is -1.15. The number of rotatable bonds is 3. The number of hydrogen-bond donors (Lipinski definition) is 1. The molecule has 1 aliphatic rings. The number of nitrogens with zero attached hydrogens (tertiary/aromatic N) is 1. The summed E-state index contributed by atoms with van der Waals surface area (Å²) in [6.07, 6.45) is 1.45. The Labute approximate surface area is 80.5 Å². The maximum Gasteiger partial charge on any atom is 0.321 e. The van der Waals surface area contributed by atoms with E-state index in [1.807, 2.05) is 13.8 Å². The van der Waals surface area contributed by atoms with Gasteiger partial charge in [-0.2, -0.15) is 0 Å². The van der Waals surface area contributed by atoms with Crippen molar-refractivity contribution in [2.24, 2.45) is 0 Å². The van der Waals surface area contributed by atoms with E-state index in [1.54, 1.807) is 4.31 Å². The van der Waals surface area contributed by atoms with Crippen LogP contribution in [0.5, 0.6) is 0 Å². The van der Waals surface area contributed by atoms with Crippen molar-refractivity contribution in [3.63, 3.8) is 0 Å². The van der Waals surface area contributed by atoms with Gasteiger partial charge in [-0.3, -0.25) is 4.79 Å². The third-order valence-corrected chi connectivity index (χ3v) is 3.83. The Kier molecular flexibility index (Phi) is 3.44. The van der Waals surface area contributed by atoms with Gasteiger partial charge in [0.05, 0.1) is 11.0 Å². The molecule has 0 saturated carbocycles. The Morgan fingerprint density at radius 1 is 1.62 bits per heavy atom. The minimum Gasteiger partial charge on any atom is -0.480 e. The summed E-state index contributed by atoms with van der Waals surface area (Å²) in [6, 6.07) is -0.539. The fraction of sp³-hybridized carbons (Fsp3) is 0.875. The molecule has 0 radical (unpaired) electrons. The monoisotopic (exact) mass is 205 g/mol. The van der Waals surface area contributed by atoms with Crippen LogP contribution in [0.3, 0.4) is 0 Å². The Bertz CT molecular complexity index is 229. The van der Waals surface area contributed by atoms with Crippen LogP contribution in [0.15, 0.2) is 0 Å². The predicted molar refractivity (Wildman–Crippen MR) is 50.6 cm³/mol. The van der Waals surface area contributed by atoms with Gasteiger partial charge < -0.3 is 5.11 Å². The molecule has 0 spiro atoms. The fourth-order valence-electron chi connectivity index (χ4n) is 1.47. The van der Waals surface area contributed by atoms with Gasteiger partial charge in [-0.15, -0.1) is 0 Å². The van der Waals surface area contributed by atoms with Gasteiger partial charge in [0.25, 0.3) is 0 Å². The number of carboxylic acid groups (broad SMARTS) is 1. The Morgan fingerprint density at radius 2 is 2.23 bits per heavy atom. The molecule has 13 heavy (non-hydrogen) atoms. The number of hydrogen-bond acceptors (Lipinski definition) is 2. The molecule has 5 heteroatoms. The van der Waals surface area contributed by atoms with Crippen molar-refractivity contribution < 1.29 is 14.1 Å². The highest BCUT2D eigenvalue weighted by atomic mass is 32.2. The van der Waals surface area contributed by atoms with Gasteiger partial charge in [0, 0.05) is 11.8 Å². The highest BCUT2D eigenvalue weighted by molar-refractivity contribution is 7.83. The molecule has 1 saturated heterocycles. The maximum atomic E-state index is 11.6. The minimum absolute atomic E-state index is 0.0000463.